The first-order valence-corrected chi connectivity index (χ1v) is 7.51. The third-order valence-corrected chi connectivity index (χ3v) is 3.66. The lowest BCUT2D eigenvalue weighted by atomic mass is 10.2. The van der Waals surface area contributed by atoms with Gasteiger partial charge in [0.1, 0.15) is 5.75 Å². The minimum absolute atomic E-state index is 0.274. The number of ether oxygens (including phenoxy) is 1. The van der Waals surface area contributed by atoms with Gasteiger partial charge in [0.15, 0.2) is 0 Å². The van der Waals surface area contributed by atoms with Gasteiger partial charge >= 0.3 is 0 Å². The standard InChI is InChI=1S/C17H15BrN2O3/c1-23-15-8-2-11(10-14(15)18)3-9-16(21)20-13-6-4-12(5-7-13)17(19)22/h2-10H,1H3,(H2,19,22)(H,20,21). The maximum absolute atomic E-state index is 11.9. The Balaban J connectivity index is 2.01. The van der Waals surface area contributed by atoms with Crippen molar-refractivity contribution in [1.29, 1.82) is 0 Å². The minimum atomic E-state index is -0.507. The fraction of sp³-hybridized carbons (Fsp3) is 0.0588. The summed E-state index contributed by atoms with van der Waals surface area (Å²) in [4.78, 5) is 22.9. The van der Waals surface area contributed by atoms with E-state index in [1.165, 1.54) is 6.08 Å². The van der Waals surface area contributed by atoms with E-state index in [9.17, 15) is 9.59 Å². The summed E-state index contributed by atoms with van der Waals surface area (Å²) in [6.07, 6.45) is 3.12. The van der Waals surface area contributed by atoms with Crippen molar-refractivity contribution >= 4 is 39.5 Å². The Morgan fingerprint density at radius 3 is 2.43 bits per heavy atom. The Morgan fingerprint density at radius 2 is 1.87 bits per heavy atom. The molecule has 0 spiro atoms. The van der Waals surface area contributed by atoms with Crippen molar-refractivity contribution in [2.75, 3.05) is 12.4 Å². The fourth-order valence-electron chi connectivity index (χ4n) is 1.86. The van der Waals surface area contributed by atoms with E-state index in [4.69, 9.17) is 10.5 Å². The van der Waals surface area contributed by atoms with E-state index in [0.29, 0.717) is 11.3 Å². The van der Waals surface area contributed by atoms with E-state index in [-0.39, 0.29) is 5.91 Å². The van der Waals surface area contributed by atoms with Gasteiger partial charge < -0.3 is 15.8 Å². The number of primary amides is 1. The Labute approximate surface area is 142 Å². The molecule has 0 unspecified atom stereocenters. The number of methoxy groups -OCH3 is 1. The van der Waals surface area contributed by atoms with Crippen LogP contribution in [0.3, 0.4) is 0 Å². The first-order chi connectivity index (χ1) is 11.0. The number of amides is 2. The van der Waals surface area contributed by atoms with Gasteiger partial charge in [0.05, 0.1) is 11.6 Å². The number of carbonyl (C=O) groups excluding carboxylic acids is 2. The first-order valence-electron chi connectivity index (χ1n) is 6.72. The second kappa shape index (κ2) is 7.60. The van der Waals surface area contributed by atoms with Crippen LogP contribution < -0.4 is 15.8 Å². The van der Waals surface area contributed by atoms with Crippen molar-refractivity contribution in [1.82, 2.24) is 0 Å². The van der Waals surface area contributed by atoms with Gasteiger partial charge in [0.25, 0.3) is 0 Å². The number of nitrogens with two attached hydrogens (primary N) is 1. The maximum Gasteiger partial charge on any atom is 0.248 e. The molecule has 2 aromatic rings. The molecule has 0 bridgehead atoms. The molecule has 0 aliphatic carbocycles. The fourth-order valence-corrected chi connectivity index (χ4v) is 2.42. The molecule has 0 atom stereocenters. The zero-order valence-electron chi connectivity index (χ0n) is 12.4. The highest BCUT2D eigenvalue weighted by Gasteiger charge is 2.02. The van der Waals surface area contributed by atoms with Crippen molar-refractivity contribution in [3.8, 4) is 5.75 Å². The normalized spacial score (nSPS) is 10.5. The molecule has 2 rings (SSSR count). The van der Waals surface area contributed by atoms with Crippen LogP contribution in [-0.2, 0) is 4.79 Å². The highest BCUT2D eigenvalue weighted by Crippen LogP contribution is 2.25. The van der Waals surface area contributed by atoms with E-state index in [2.05, 4.69) is 21.2 Å². The molecule has 0 fully saturated rings. The average molecular weight is 375 g/mol. The summed E-state index contributed by atoms with van der Waals surface area (Å²) in [5.41, 5.74) is 6.99. The molecule has 5 nitrogen and oxygen atoms in total. The molecule has 0 heterocycles. The van der Waals surface area contributed by atoms with Crippen LogP contribution in [0.25, 0.3) is 6.08 Å². The molecular weight excluding hydrogens is 360 g/mol. The number of halogens is 1. The van der Waals surface area contributed by atoms with Crippen molar-refractivity contribution < 1.29 is 14.3 Å². The number of nitrogens with one attached hydrogen (secondary N) is 1. The third-order valence-electron chi connectivity index (χ3n) is 3.04. The van der Waals surface area contributed by atoms with Crippen molar-refractivity contribution in [2.45, 2.75) is 0 Å². The van der Waals surface area contributed by atoms with Gasteiger partial charge in [0, 0.05) is 17.3 Å². The van der Waals surface area contributed by atoms with Crippen LogP contribution in [0.5, 0.6) is 5.75 Å². The lowest BCUT2D eigenvalue weighted by molar-refractivity contribution is -0.111. The van der Waals surface area contributed by atoms with Crippen molar-refractivity contribution in [2.24, 2.45) is 5.73 Å². The van der Waals surface area contributed by atoms with Crippen LogP contribution in [0.1, 0.15) is 15.9 Å². The number of hydrogen-bond acceptors (Lipinski definition) is 3. The maximum atomic E-state index is 11.9. The summed E-state index contributed by atoms with van der Waals surface area (Å²) in [5.74, 6) is -0.0576. The van der Waals surface area contributed by atoms with Gasteiger partial charge in [-0.25, -0.2) is 0 Å². The van der Waals surface area contributed by atoms with Crippen LogP contribution in [-0.4, -0.2) is 18.9 Å². The zero-order valence-corrected chi connectivity index (χ0v) is 14.0. The van der Waals surface area contributed by atoms with Crippen LogP contribution in [0.4, 0.5) is 5.69 Å². The summed E-state index contributed by atoms with van der Waals surface area (Å²) < 4.78 is 5.96. The topological polar surface area (TPSA) is 81.4 Å². The number of anilines is 1. The quantitative estimate of drug-likeness (QED) is 0.788. The highest BCUT2D eigenvalue weighted by molar-refractivity contribution is 9.10. The van der Waals surface area contributed by atoms with Crippen LogP contribution in [0.2, 0.25) is 0 Å². The van der Waals surface area contributed by atoms with Gasteiger partial charge in [-0.2, -0.15) is 0 Å². The molecule has 3 N–H and O–H groups in total. The van der Waals surface area contributed by atoms with Gasteiger partial charge in [0.2, 0.25) is 11.8 Å². The first kappa shape index (κ1) is 16.8. The van der Waals surface area contributed by atoms with Gasteiger partial charge in [-0.1, -0.05) is 6.07 Å². The third kappa shape index (κ3) is 4.69. The Kier molecular flexibility index (Phi) is 5.54. The monoisotopic (exact) mass is 374 g/mol. The summed E-state index contributed by atoms with van der Waals surface area (Å²) in [6.45, 7) is 0. The Bertz CT molecular complexity index is 755. The predicted molar refractivity (Wildman–Crippen MR) is 93.3 cm³/mol. The Morgan fingerprint density at radius 1 is 1.17 bits per heavy atom. The average Bonchev–Trinajstić information content (AvgIpc) is 2.53. The molecule has 2 aromatic carbocycles. The predicted octanol–water partition coefficient (Wildman–Crippen LogP) is 3.21. The lowest BCUT2D eigenvalue weighted by Crippen LogP contribution is -2.11. The number of rotatable bonds is 5. The zero-order chi connectivity index (χ0) is 16.8. The molecule has 2 amide bonds. The number of carbonyl (C=O) groups is 2. The molecule has 118 valence electrons. The van der Waals surface area contributed by atoms with Crippen molar-refractivity contribution in [3.05, 3.63) is 64.1 Å². The van der Waals surface area contributed by atoms with E-state index < -0.39 is 5.91 Å². The van der Waals surface area contributed by atoms with Gasteiger partial charge in [-0.3, -0.25) is 9.59 Å². The molecule has 6 heteroatoms. The van der Waals surface area contributed by atoms with Crippen LogP contribution in [0.15, 0.2) is 53.0 Å². The molecule has 0 aromatic heterocycles. The van der Waals surface area contributed by atoms with E-state index in [1.807, 2.05) is 18.2 Å². The highest BCUT2D eigenvalue weighted by atomic mass is 79.9. The SMILES string of the molecule is COc1ccc(C=CC(=O)Nc2ccc(C(N)=O)cc2)cc1Br. The largest absolute Gasteiger partial charge is 0.496 e. The van der Waals surface area contributed by atoms with Gasteiger partial charge in [-0.15, -0.1) is 0 Å². The molecule has 0 saturated heterocycles. The summed E-state index contributed by atoms with van der Waals surface area (Å²) in [7, 11) is 1.59. The number of benzene rings is 2. The molecule has 23 heavy (non-hydrogen) atoms. The summed E-state index contributed by atoms with van der Waals surface area (Å²) in [6, 6.07) is 11.9. The molecular formula is C17H15BrN2O3. The Hall–Kier alpha value is -2.60. The molecule has 0 radical (unpaired) electrons. The molecule has 0 aliphatic heterocycles. The van der Waals surface area contributed by atoms with Gasteiger partial charge in [-0.05, 0) is 64.0 Å². The summed E-state index contributed by atoms with van der Waals surface area (Å²) >= 11 is 3.39. The molecule has 0 saturated carbocycles. The van der Waals surface area contributed by atoms with E-state index in [1.54, 1.807) is 37.5 Å². The minimum Gasteiger partial charge on any atom is -0.496 e. The van der Waals surface area contributed by atoms with E-state index >= 15 is 0 Å². The van der Waals surface area contributed by atoms with Crippen molar-refractivity contribution in [3.63, 3.8) is 0 Å². The second-order valence-corrected chi connectivity index (χ2v) is 5.51. The summed E-state index contributed by atoms with van der Waals surface area (Å²) in [5, 5.41) is 2.70. The van der Waals surface area contributed by atoms with E-state index in [0.717, 1.165) is 15.8 Å². The second-order valence-electron chi connectivity index (χ2n) is 4.66. The van der Waals surface area contributed by atoms with Crippen LogP contribution in [0, 0.1) is 0 Å². The smallest absolute Gasteiger partial charge is 0.248 e. The molecule has 0 aliphatic rings. The lowest BCUT2D eigenvalue weighted by Gasteiger charge is -2.04. The number of hydrogen-bond donors (Lipinski definition) is 2. The van der Waals surface area contributed by atoms with Crippen LogP contribution >= 0.6 is 15.9 Å².